The van der Waals surface area contributed by atoms with E-state index in [-0.39, 0.29) is 16.7 Å². The fourth-order valence-electron chi connectivity index (χ4n) is 4.87. The van der Waals surface area contributed by atoms with Gasteiger partial charge in [-0.1, -0.05) is 39.0 Å². The molecule has 1 aliphatic heterocycles. The smallest absolute Gasteiger partial charge is 0.352 e. The van der Waals surface area contributed by atoms with Crippen molar-refractivity contribution in [2.45, 2.75) is 32.4 Å². The number of H-pyrrole nitrogens is 1. The van der Waals surface area contributed by atoms with Gasteiger partial charge in [-0.2, -0.15) is 31.9 Å². The van der Waals surface area contributed by atoms with Gasteiger partial charge in [-0.05, 0) is 19.2 Å². The van der Waals surface area contributed by atoms with Gasteiger partial charge >= 0.3 is 6.18 Å². The molecule has 0 atom stereocenters. The fraction of sp³-hybridized carbons (Fsp3) is 0.429. The van der Waals surface area contributed by atoms with Crippen molar-refractivity contribution in [3.63, 3.8) is 0 Å². The number of likely N-dealkylation sites (N-methyl/N-ethyl adjacent to an activating group) is 1. The van der Waals surface area contributed by atoms with Crippen molar-refractivity contribution in [3.05, 3.63) is 47.2 Å². The van der Waals surface area contributed by atoms with E-state index in [1.807, 2.05) is 27.8 Å². The summed E-state index contributed by atoms with van der Waals surface area (Å²) in [4.78, 5) is 17.1. The molecule has 4 heterocycles. The fourth-order valence-corrected chi connectivity index (χ4v) is 4.87. The van der Waals surface area contributed by atoms with Crippen molar-refractivity contribution in [1.82, 2.24) is 29.6 Å². The third-order valence-electron chi connectivity index (χ3n) is 6.86. The van der Waals surface area contributed by atoms with Crippen LogP contribution in [0.15, 0.2) is 30.3 Å². The van der Waals surface area contributed by atoms with Gasteiger partial charge in [0.05, 0.1) is 28.7 Å². The number of benzene rings is 1. The number of pyridine rings is 1. The Hall–Kier alpha value is -4.00. The minimum Gasteiger partial charge on any atom is -0.352 e. The van der Waals surface area contributed by atoms with E-state index in [9.17, 15) is 26.9 Å². The van der Waals surface area contributed by atoms with Gasteiger partial charge in [0.25, 0.3) is 10.1 Å². The molecule has 0 spiro atoms. The third-order valence-corrected chi connectivity index (χ3v) is 6.86. The number of piperazine rings is 1. The van der Waals surface area contributed by atoms with Gasteiger partial charge < -0.3 is 14.8 Å². The van der Waals surface area contributed by atoms with E-state index in [2.05, 4.69) is 26.0 Å². The van der Waals surface area contributed by atoms with Crippen LogP contribution in [0.1, 0.15) is 37.6 Å². The Morgan fingerprint density at radius 3 is 2.21 bits per heavy atom. The first-order valence-electron chi connectivity index (χ1n) is 13.3. The Morgan fingerprint density at radius 1 is 1.05 bits per heavy atom. The lowest BCUT2D eigenvalue weighted by atomic mass is 9.89. The number of aromatic nitrogens is 5. The predicted molar refractivity (Wildman–Crippen MR) is 157 cm³/mol. The molecule has 0 amide bonds. The van der Waals surface area contributed by atoms with Gasteiger partial charge in [-0.15, -0.1) is 0 Å². The van der Waals surface area contributed by atoms with Crippen LogP contribution in [0.5, 0.6) is 0 Å². The van der Waals surface area contributed by atoms with Gasteiger partial charge in [-0.3, -0.25) is 9.23 Å². The van der Waals surface area contributed by atoms with Crippen molar-refractivity contribution in [3.8, 4) is 28.8 Å². The summed E-state index contributed by atoms with van der Waals surface area (Å²) in [7, 11) is 0.118. The molecule has 1 fully saturated rings. The van der Waals surface area contributed by atoms with E-state index in [4.69, 9.17) is 14.5 Å². The molecule has 5 rings (SSSR count). The van der Waals surface area contributed by atoms with Crippen LogP contribution in [0.2, 0.25) is 0 Å². The minimum atomic E-state index is -4.53. The maximum absolute atomic E-state index is 13.9. The monoisotopic (exact) mass is 618 g/mol. The maximum Gasteiger partial charge on any atom is 0.417 e. The van der Waals surface area contributed by atoms with Crippen molar-refractivity contribution < 1.29 is 26.1 Å². The molecule has 1 saturated heterocycles. The molecule has 230 valence electrons. The molecule has 0 radical (unpaired) electrons. The van der Waals surface area contributed by atoms with Gasteiger partial charge in [0.2, 0.25) is 0 Å². The van der Waals surface area contributed by atoms with Crippen molar-refractivity contribution >= 4 is 27.0 Å². The number of nitriles is 1. The quantitative estimate of drug-likeness (QED) is 0.318. The van der Waals surface area contributed by atoms with E-state index in [1.165, 1.54) is 12.1 Å². The first-order chi connectivity index (χ1) is 19.9. The van der Waals surface area contributed by atoms with Gasteiger partial charge in [0, 0.05) is 44.2 Å². The highest BCUT2D eigenvalue weighted by Gasteiger charge is 2.34. The lowest BCUT2D eigenvalue weighted by Crippen LogP contribution is -2.45. The van der Waals surface area contributed by atoms with Gasteiger partial charge in [0.15, 0.2) is 11.6 Å². The zero-order valence-corrected chi connectivity index (χ0v) is 25.5. The molecule has 15 heteroatoms. The second-order valence-corrected chi connectivity index (χ2v) is 12.9. The van der Waals surface area contributed by atoms with Gasteiger partial charge in [0.1, 0.15) is 22.8 Å². The Labute approximate surface area is 247 Å². The van der Waals surface area contributed by atoms with Crippen LogP contribution in [-0.2, 0) is 28.8 Å². The number of alkyl halides is 3. The molecule has 0 bridgehead atoms. The summed E-state index contributed by atoms with van der Waals surface area (Å²) in [6, 6.07) is 9.30. The average Bonchev–Trinajstić information content (AvgIpc) is 3.47. The van der Waals surface area contributed by atoms with E-state index < -0.39 is 21.9 Å². The summed E-state index contributed by atoms with van der Waals surface area (Å²) >= 11 is 0. The second-order valence-electron chi connectivity index (χ2n) is 11.4. The highest BCUT2D eigenvalue weighted by Crippen LogP contribution is 2.39. The maximum atomic E-state index is 13.9. The summed E-state index contributed by atoms with van der Waals surface area (Å²) in [6.07, 6.45) is -3.81. The third kappa shape index (κ3) is 7.15. The van der Waals surface area contributed by atoms with E-state index >= 15 is 0 Å². The molecule has 3 aromatic heterocycles. The largest absolute Gasteiger partial charge is 0.417 e. The van der Waals surface area contributed by atoms with Crippen LogP contribution in [0.4, 0.5) is 19.0 Å². The van der Waals surface area contributed by atoms with Crippen LogP contribution >= 0.6 is 0 Å². The van der Waals surface area contributed by atoms with Crippen LogP contribution in [-0.4, -0.2) is 82.1 Å². The minimum absolute atomic E-state index is 0.00454. The lowest BCUT2D eigenvalue weighted by Gasteiger charge is -2.33. The highest BCUT2D eigenvalue weighted by molar-refractivity contribution is 7.85. The van der Waals surface area contributed by atoms with Gasteiger partial charge in [-0.25, -0.2) is 9.97 Å². The number of anilines is 1. The molecule has 43 heavy (non-hydrogen) atoms. The van der Waals surface area contributed by atoms with Crippen LogP contribution in [0, 0.1) is 11.3 Å². The Kier molecular flexibility index (Phi) is 8.60. The second kappa shape index (κ2) is 11.6. The zero-order valence-electron chi connectivity index (χ0n) is 24.7. The standard InChI is InChI=1S/C27H29F3N8.CH4O3S/c1-26(2,3)23-17(15-31)22(37(5)35-23)24-32-20-14-19(16-8-6-7-9-18(16)27(28,29)30)33-25(21(20)34-24)38-12-10-36(4)11-13-38;1-5(2,3)4/h6-9,14H,10-13H2,1-5H3,(H,32,34);1H3,(H,2,3,4). The highest BCUT2D eigenvalue weighted by atomic mass is 32.2. The van der Waals surface area contributed by atoms with Crippen LogP contribution < -0.4 is 4.90 Å². The Morgan fingerprint density at radius 2 is 1.65 bits per heavy atom. The Balaban J connectivity index is 0.000000782. The summed E-state index contributed by atoms with van der Waals surface area (Å²) in [5, 5.41) is 14.6. The number of fused-ring (bicyclic) bond motifs is 1. The first kappa shape index (κ1) is 31.9. The number of imidazole rings is 1. The van der Waals surface area contributed by atoms with E-state index in [0.29, 0.717) is 59.0 Å². The number of nitrogens with one attached hydrogen (secondary N) is 1. The molecule has 1 aliphatic rings. The average molecular weight is 619 g/mol. The first-order valence-corrected chi connectivity index (χ1v) is 15.1. The van der Waals surface area contributed by atoms with Crippen molar-refractivity contribution in [1.29, 1.82) is 5.26 Å². The van der Waals surface area contributed by atoms with Crippen molar-refractivity contribution in [2.24, 2.45) is 7.05 Å². The lowest BCUT2D eigenvalue weighted by molar-refractivity contribution is -0.137. The molecule has 2 N–H and O–H groups in total. The normalized spacial score (nSPS) is 14.9. The number of aromatic amines is 1. The molecule has 4 aromatic rings. The number of rotatable bonds is 3. The molecule has 0 aliphatic carbocycles. The number of halogens is 3. The molecule has 0 unspecified atom stereocenters. The molecular weight excluding hydrogens is 585 g/mol. The van der Waals surface area contributed by atoms with Crippen LogP contribution in [0.3, 0.4) is 0 Å². The molecule has 0 saturated carbocycles. The summed E-state index contributed by atoms with van der Waals surface area (Å²) in [5.41, 5.74) is 1.74. The number of nitrogens with zero attached hydrogens (tertiary/aromatic N) is 7. The number of aryl methyl sites for hydroxylation is 1. The number of hydrogen-bond acceptors (Lipinski definition) is 8. The molecular formula is C28H33F3N8O3S. The number of hydrogen-bond donors (Lipinski definition) is 2. The topological polar surface area (TPSA) is 144 Å². The summed E-state index contributed by atoms with van der Waals surface area (Å²) < 4.78 is 69.2. The van der Waals surface area contributed by atoms with E-state index in [0.717, 1.165) is 19.2 Å². The summed E-state index contributed by atoms with van der Waals surface area (Å²) in [6.45, 7) is 8.88. The molecule has 11 nitrogen and oxygen atoms in total. The van der Waals surface area contributed by atoms with Crippen LogP contribution in [0.25, 0.3) is 33.8 Å². The Bertz CT molecular complexity index is 1780. The SMILES string of the molecule is CN1CCN(c2nc(-c3ccccc3C(F)(F)F)cc3nc(-c4c(C#N)c(C(C)(C)C)nn4C)[nH]c23)CC1.CS(=O)(=O)O. The molecule has 1 aromatic carbocycles. The predicted octanol–water partition coefficient (Wildman–Crippen LogP) is 4.47. The summed E-state index contributed by atoms with van der Waals surface area (Å²) in [5.74, 6) is 0.957. The van der Waals surface area contributed by atoms with E-state index in [1.54, 1.807) is 23.9 Å². The van der Waals surface area contributed by atoms with Crippen molar-refractivity contribution in [2.75, 3.05) is 44.4 Å². The zero-order chi connectivity index (χ0) is 31.9.